The van der Waals surface area contributed by atoms with Crippen LogP contribution >= 0.6 is 0 Å². The molecule has 27 heavy (non-hydrogen) atoms. The van der Waals surface area contributed by atoms with E-state index in [9.17, 15) is 4.79 Å². The van der Waals surface area contributed by atoms with E-state index in [0.717, 1.165) is 35.8 Å². The van der Waals surface area contributed by atoms with Crippen molar-refractivity contribution in [2.75, 3.05) is 34.8 Å². The highest BCUT2D eigenvalue weighted by atomic mass is 16.5. The Morgan fingerprint density at radius 3 is 2.41 bits per heavy atom. The number of guanidine groups is 1. The topological polar surface area (TPSA) is 66.0 Å². The number of benzene rings is 2. The number of rotatable bonds is 7. The lowest BCUT2D eigenvalue weighted by molar-refractivity contribution is 0.0827. The third kappa shape index (κ3) is 6.02. The van der Waals surface area contributed by atoms with E-state index in [1.54, 1.807) is 33.2 Å². The van der Waals surface area contributed by atoms with E-state index in [1.165, 1.54) is 0 Å². The molecule has 6 nitrogen and oxygen atoms in total. The first kappa shape index (κ1) is 20.3. The maximum absolute atomic E-state index is 11.9. The molecule has 0 spiro atoms. The first-order chi connectivity index (χ1) is 13.0. The lowest BCUT2D eigenvalue weighted by Crippen LogP contribution is -2.37. The van der Waals surface area contributed by atoms with Crippen LogP contribution in [0.5, 0.6) is 5.75 Å². The van der Waals surface area contributed by atoms with Crippen LogP contribution in [0.4, 0.5) is 0 Å². The second kappa shape index (κ2) is 10.2. The third-order valence-electron chi connectivity index (χ3n) is 4.17. The molecule has 0 radical (unpaired) electrons. The molecule has 2 aromatic carbocycles. The number of amides is 1. The number of hydrogen-bond donors (Lipinski definition) is 2. The van der Waals surface area contributed by atoms with E-state index in [-0.39, 0.29) is 5.91 Å². The molecule has 2 aromatic rings. The highest BCUT2D eigenvalue weighted by molar-refractivity contribution is 5.93. The summed E-state index contributed by atoms with van der Waals surface area (Å²) in [5, 5.41) is 6.59. The van der Waals surface area contributed by atoms with Crippen molar-refractivity contribution >= 4 is 11.9 Å². The summed E-state index contributed by atoms with van der Waals surface area (Å²) in [6.07, 6.45) is 0.839. The molecule has 2 N–H and O–H groups in total. The minimum absolute atomic E-state index is 0.00308. The third-order valence-corrected chi connectivity index (χ3v) is 4.17. The van der Waals surface area contributed by atoms with Crippen LogP contribution in [0.15, 0.2) is 53.5 Å². The van der Waals surface area contributed by atoms with Gasteiger partial charge in [0.25, 0.3) is 5.91 Å². The lowest BCUT2D eigenvalue weighted by atomic mass is 10.1. The quantitative estimate of drug-likeness (QED) is 0.581. The Hall–Kier alpha value is -3.02. The molecule has 144 valence electrons. The lowest BCUT2D eigenvalue weighted by Gasteiger charge is -2.14. The summed E-state index contributed by atoms with van der Waals surface area (Å²) in [7, 11) is 6.93. The fraction of sp³-hybridized carbons (Fsp3) is 0.333. The number of hydrogen-bond acceptors (Lipinski definition) is 3. The van der Waals surface area contributed by atoms with Crippen LogP contribution in [0, 0.1) is 0 Å². The van der Waals surface area contributed by atoms with Gasteiger partial charge in [0, 0.05) is 39.8 Å². The first-order valence-corrected chi connectivity index (χ1v) is 8.92. The molecule has 0 saturated carbocycles. The minimum Gasteiger partial charge on any atom is -0.496 e. The second-order valence-corrected chi connectivity index (χ2v) is 6.31. The highest BCUT2D eigenvalue weighted by Crippen LogP contribution is 2.17. The van der Waals surface area contributed by atoms with Gasteiger partial charge in [-0.2, -0.15) is 0 Å². The van der Waals surface area contributed by atoms with Crippen molar-refractivity contribution < 1.29 is 9.53 Å². The van der Waals surface area contributed by atoms with Gasteiger partial charge in [0.15, 0.2) is 5.96 Å². The van der Waals surface area contributed by atoms with E-state index < -0.39 is 0 Å². The summed E-state index contributed by atoms with van der Waals surface area (Å²) in [6, 6.07) is 15.6. The number of nitrogens with one attached hydrogen (secondary N) is 2. The van der Waals surface area contributed by atoms with Crippen LogP contribution in [0.2, 0.25) is 0 Å². The van der Waals surface area contributed by atoms with E-state index in [0.29, 0.717) is 12.1 Å². The van der Waals surface area contributed by atoms with Crippen LogP contribution in [-0.4, -0.2) is 51.6 Å². The average molecular weight is 368 g/mol. The SMILES string of the molecule is CN=C(NCCc1ccccc1OC)NCc1ccc(C(=O)N(C)C)cc1. The molecule has 6 heteroatoms. The van der Waals surface area contributed by atoms with Crippen LogP contribution in [-0.2, 0) is 13.0 Å². The van der Waals surface area contributed by atoms with Crippen LogP contribution in [0.25, 0.3) is 0 Å². The van der Waals surface area contributed by atoms with Crippen molar-refractivity contribution in [2.45, 2.75) is 13.0 Å². The fourth-order valence-electron chi connectivity index (χ4n) is 2.65. The van der Waals surface area contributed by atoms with Crippen molar-refractivity contribution in [3.8, 4) is 5.75 Å². The smallest absolute Gasteiger partial charge is 0.253 e. The summed E-state index contributed by atoms with van der Waals surface area (Å²) in [5.74, 6) is 1.64. The number of ether oxygens (including phenoxy) is 1. The van der Waals surface area contributed by atoms with Crippen molar-refractivity contribution in [2.24, 2.45) is 4.99 Å². The summed E-state index contributed by atoms with van der Waals surface area (Å²) in [5.41, 5.74) is 2.92. The molecule has 2 rings (SSSR count). The Kier molecular flexibility index (Phi) is 7.67. The first-order valence-electron chi connectivity index (χ1n) is 8.92. The Morgan fingerprint density at radius 1 is 1.07 bits per heavy atom. The standard InChI is InChI=1S/C21H28N4O2/c1-22-21(23-14-13-17-7-5-6-8-19(17)27-4)24-15-16-9-11-18(12-10-16)20(26)25(2)3/h5-12H,13-15H2,1-4H3,(H2,22,23,24). The van der Waals surface area contributed by atoms with Gasteiger partial charge >= 0.3 is 0 Å². The summed E-state index contributed by atoms with van der Waals surface area (Å²) < 4.78 is 5.38. The average Bonchev–Trinajstić information content (AvgIpc) is 2.70. The van der Waals surface area contributed by atoms with Gasteiger partial charge in [0.1, 0.15) is 5.75 Å². The molecule has 0 atom stereocenters. The number of nitrogens with zero attached hydrogens (tertiary/aromatic N) is 2. The fourth-order valence-corrected chi connectivity index (χ4v) is 2.65. The van der Waals surface area contributed by atoms with Crippen LogP contribution in [0.3, 0.4) is 0 Å². The predicted octanol–water partition coefficient (Wildman–Crippen LogP) is 2.30. The molecule has 1 amide bonds. The Morgan fingerprint density at radius 2 is 1.78 bits per heavy atom. The van der Waals surface area contributed by atoms with Gasteiger partial charge in [-0.15, -0.1) is 0 Å². The molecule has 0 aliphatic rings. The van der Waals surface area contributed by atoms with Gasteiger partial charge in [0.2, 0.25) is 0 Å². The molecule has 0 heterocycles. The zero-order valence-corrected chi connectivity index (χ0v) is 16.5. The van der Waals surface area contributed by atoms with Crippen molar-refractivity contribution in [1.29, 1.82) is 0 Å². The molecule has 0 aliphatic carbocycles. The van der Waals surface area contributed by atoms with Gasteiger partial charge in [-0.25, -0.2) is 0 Å². The normalized spacial score (nSPS) is 11.0. The number of aliphatic imine (C=N–C) groups is 1. The van der Waals surface area contributed by atoms with Gasteiger partial charge < -0.3 is 20.3 Å². The number of methoxy groups -OCH3 is 1. The van der Waals surface area contributed by atoms with Crippen molar-refractivity contribution in [3.63, 3.8) is 0 Å². The molecule has 0 bridgehead atoms. The molecular weight excluding hydrogens is 340 g/mol. The Labute approximate surface area is 161 Å². The second-order valence-electron chi connectivity index (χ2n) is 6.31. The highest BCUT2D eigenvalue weighted by Gasteiger charge is 2.07. The molecular formula is C21H28N4O2. The molecule has 0 saturated heterocycles. The number of carbonyl (C=O) groups is 1. The predicted molar refractivity (Wildman–Crippen MR) is 109 cm³/mol. The monoisotopic (exact) mass is 368 g/mol. The van der Waals surface area contributed by atoms with Gasteiger partial charge in [-0.3, -0.25) is 9.79 Å². The zero-order valence-electron chi connectivity index (χ0n) is 16.5. The van der Waals surface area contributed by atoms with E-state index in [4.69, 9.17) is 4.74 Å². The summed E-state index contributed by atoms with van der Waals surface area (Å²) in [4.78, 5) is 17.7. The van der Waals surface area contributed by atoms with E-state index >= 15 is 0 Å². The van der Waals surface area contributed by atoms with E-state index in [1.807, 2.05) is 42.5 Å². The Balaban J connectivity index is 1.82. The zero-order chi connectivity index (χ0) is 19.6. The summed E-state index contributed by atoms with van der Waals surface area (Å²) >= 11 is 0. The number of carbonyl (C=O) groups excluding carboxylic acids is 1. The van der Waals surface area contributed by atoms with Gasteiger partial charge in [0.05, 0.1) is 7.11 Å². The van der Waals surface area contributed by atoms with E-state index in [2.05, 4.69) is 21.7 Å². The number of para-hydroxylation sites is 1. The molecule has 0 aliphatic heterocycles. The van der Waals surface area contributed by atoms with Gasteiger partial charge in [-0.1, -0.05) is 30.3 Å². The largest absolute Gasteiger partial charge is 0.496 e. The Bertz CT molecular complexity index is 770. The molecule has 0 unspecified atom stereocenters. The molecule has 0 fully saturated rings. The van der Waals surface area contributed by atoms with Gasteiger partial charge in [-0.05, 0) is 35.7 Å². The van der Waals surface area contributed by atoms with Crippen molar-refractivity contribution in [1.82, 2.24) is 15.5 Å². The molecule has 0 aromatic heterocycles. The minimum atomic E-state index is 0.00308. The van der Waals surface area contributed by atoms with Crippen molar-refractivity contribution in [3.05, 3.63) is 65.2 Å². The van der Waals surface area contributed by atoms with Crippen LogP contribution in [0.1, 0.15) is 21.5 Å². The van der Waals surface area contributed by atoms with Crippen LogP contribution < -0.4 is 15.4 Å². The maximum Gasteiger partial charge on any atom is 0.253 e. The summed E-state index contributed by atoms with van der Waals surface area (Å²) in [6.45, 7) is 1.38. The maximum atomic E-state index is 11.9.